The Balaban J connectivity index is 3.14. The highest BCUT2D eigenvalue weighted by Gasteiger charge is 2.19. The molecular weight excluding hydrogens is 578 g/mol. The lowest BCUT2D eigenvalue weighted by Gasteiger charge is -2.24. The van der Waals surface area contributed by atoms with Crippen LogP contribution in [0.5, 0.6) is 0 Å². The Labute approximate surface area is 276 Å². The molecule has 270 valence electrons. The minimum absolute atomic E-state index is 0.354. The fourth-order valence-corrected chi connectivity index (χ4v) is 4.28. The van der Waals surface area contributed by atoms with E-state index in [2.05, 4.69) is 6.92 Å². The van der Waals surface area contributed by atoms with Crippen LogP contribution >= 0.6 is 0 Å². The largest absolute Gasteiger partial charge is 0.444 e. The van der Waals surface area contributed by atoms with Crippen molar-refractivity contribution in [2.75, 3.05) is 106 Å². The van der Waals surface area contributed by atoms with E-state index in [0.717, 1.165) is 13.0 Å². The molecule has 0 saturated heterocycles. The van der Waals surface area contributed by atoms with Gasteiger partial charge in [0.1, 0.15) is 5.60 Å². The molecule has 0 N–H and O–H groups in total. The Kier molecular flexibility index (Phi) is 33.6. The first-order chi connectivity index (χ1) is 21.9. The lowest BCUT2D eigenvalue weighted by atomic mass is 10.0. The fourth-order valence-electron chi connectivity index (χ4n) is 4.28. The van der Waals surface area contributed by atoms with Crippen LogP contribution in [-0.4, -0.2) is 123 Å². The summed E-state index contributed by atoms with van der Waals surface area (Å²) in [5, 5.41) is 0. The van der Waals surface area contributed by atoms with Crippen LogP contribution in [0.1, 0.15) is 111 Å². The summed E-state index contributed by atoms with van der Waals surface area (Å²) in [6.07, 6.45) is 17.4. The van der Waals surface area contributed by atoms with Crippen LogP contribution in [0.2, 0.25) is 0 Å². The van der Waals surface area contributed by atoms with Crippen molar-refractivity contribution >= 4 is 6.09 Å². The quantitative estimate of drug-likeness (QED) is 0.0669. The fraction of sp³-hybridized carbons (Fsp3) is 0.971. The Bertz CT molecular complexity index is 604. The van der Waals surface area contributed by atoms with E-state index >= 15 is 0 Å². The molecule has 1 amide bonds. The molecule has 0 aromatic rings. The predicted molar refractivity (Wildman–Crippen MR) is 180 cm³/mol. The highest BCUT2D eigenvalue weighted by molar-refractivity contribution is 5.67. The van der Waals surface area contributed by atoms with Gasteiger partial charge in [0.2, 0.25) is 0 Å². The third-order valence-corrected chi connectivity index (χ3v) is 6.90. The summed E-state index contributed by atoms with van der Waals surface area (Å²) in [7, 11) is 1.69. The van der Waals surface area contributed by atoms with Gasteiger partial charge in [-0.1, -0.05) is 84.0 Å². The van der Waals surface area contributed by atoms with Gasteiger partial charge in [0.25, 0.3) is 0 Å². The number of ether oxygens (including phenoxy) is 8. The SMILES string of the molecule is CCCCCCCCCCCCCCCOCCOCCOCCOCCOCCOCCOCCN(C)C(=O)OC(C)(C)C. The average molecular weight is 650 g/mol. The first-order valence-electron chi connectivity index (χ1n) is 17.8. The predicted octanol–water partition coefficient (Wildman–Crippen LogP) is 7.06. The second-order valence-electron chi connectivity index (χ2n) is 12.4. The molecule has 0 atom stereocenters. The Morgan fingerprint density at radius 2 is 0.733 bits per heavy atom. The number of carbonyl (C=O) groups is 1. The van der Waals surface area contributed by atoms with Gasteiger partial charge in [0, 0.05) is 20.2 Å². The summed E-state index contributed by atoms with van der Waals surface area (Å²) in [5.41, 5.74) is -0.500. The number of rotatable bonds is 35. The molecule has 0 aromatic carbocycles. The zero-order chi connectivity index (χ0) is 33.1. The molecule has 0 saturated carbocycles. The van der Waals surface area contributed by atoms with Gasteiger partial charge in [0.05, 0.1) is 85.9 Å². The van der Waals surface area contributed by atoms with Crippen molar-refractivity contribution in [2.45, 2.75) is 117 Å². The van der Waals surface area contributed by atoms with Crippen LogP contribution in [-0.2, 0) is 37.9 Å². The first-order valence-corrected chi connectivity index (χ1v) is 17.8. The van der Waals surface area contributed by atoms with E-state index in [1.807, 2.05) is 20.8 Å². The average Bonchev–Trinajstić information content (AvgIpc) is 3.00. The molecule has 0 fully saturated rings. The lowest BCUT2D eigenvalue weighted by molar-refractivity contribution is -0.0213. The molecule has 0 aromatic heterocycles. The highest BCUT2D eigenvalue weighted by Crippen LogP contribution is 2.12. The second kappa shape index (κ2) is 34.3. The molecule has 0 rings (SSSR count). The summed E-state index contributed by atoms with van der Waals surface area (Å²) < 4.78 is 44.0. The number of nitrogens with zero attached hydrogens (tertiary/aromatic N) is 1. The van der Waals surface area contributed by atoms with E-state index in [-0.39, 0.29) is 6.09 Å². The number of amides is 1. The van der Waals surface area contributed by atoms with Crippen molar-refractivity contribution < 1.29 is 42.7 Å². The number of hydrogen-bond donors (Lipinski definition) is 0. The van der Waals surface area contributed by atoms with Gasteiger partial charge in [0.15, 0.2) is 0 Å². The monoisotopic (exact) mass is 650 g/mol. The highest BCUT2D eigenvalue weighted by atomic mass is 16.6. The molecule has 10 nitrogen and oxygen atoms in total. The van der Waals surface area contributed by atoms with Crippen LogP contribution < -0.4 is 0 Å². The molecule has 0 aliphatic heterocycles. The lowest BCUT2D eigenvalue weighted by Crippen LogP contribution is -2.36. The number of carbonyl (C=O) groups excluding carboxylic acids is 1. The maximum absolute atomic E-state index is 11.9. The molecule has 0 unspecified atom stereocenters. The van der Waals surface area contributed by atoms with Crippen molar-refractivity contribution in [2.24, 2.45) is 0 Å². The smallest absolute Gasteiger partial charge is 0.410 e. The molecule has 0 bridgehead atoms. The van der Waals surface area contributed by atoms with Crippen molar-refractivity contribution in [3.63, 3.8) is 0 Å². The van der Waals surface area contributed by atoms with Crippen LogP contribution in [0.25, 0.3) is 0 Å². The normalized spacial score (nSPS) is 11.8. The van der Waals surface area contributed by atoms with E-state index < -0.39 is 5.60 Å². The van der Waals surface area contributed by atoms with E-state index in [4.69, 9.17) is 37.9 Å². The third-order valence-electron chi connectivity index (χ3n) is 6.90. The summed E-state index contributed by atoms with van der Waals surface area (Å²) in [5.74, 6) is 0. The van der Waals surface area contributed by atoms with Crippen molar-refractivity contribution in [3.8, 4) is 0 Å². The minimum atomic E-state index is -0.500. The minimum Gasteiger partial charge on any atom is -0.444 e. The topological polar surface area (TPSA) is 94.2 Å². The van der Waals surface area contributed by atoms with E-state index in [1.54, 1.807) is 7.05 Å². The van der Waals surface area contributed by atoms with Crippen LogP contribution in [0.3, 0.4) is 0 Å². The van der Waals surface area contributed by atoms with E-state index in [9.17, 15) is 4.79 Å². The number of unbranched alkanes of at least 4 members (excludes halogenated alkanes) is 12. The maximum atomic E-state index is 11.9. The molecule has 0 spiro atoms. The summed E-state index contributed by atoms with van der Waals surface area (Å²) in [6, 6.07) is 0. The zero-order valence-electron chi connectivity index (χ0n) is 29.9. The molecule has 0 radical (unpaired) electrons. The summed E-state index contributed by atoms with van der Waals surface area (Å²) >= 11 is 0. The van der Waals surface area contributed by atoms with Gasteiger partial charge in [-0.25, -0.2) is 4.79 Å². The number of likely N-dealkylation sites (N-methyl/N-ethyl adjacent to an activating group) is 1. The number of hydrogen-bond acceptors (Lipinski definition) is 9. The standard InChI is InChI=1S/C35H71NO9/c1-6-7-8-9-10-11-12-13-14-15-16-17-18-20-38-22-24-40-26-28-42-30-32-44-33-31-43-29-27-41-25-23-39-21-19-36(5)34(37)45-35(2,3)4/h6-33H2,1-5H3. The first kappa shape index (κ1) is 44.0. The Morgan fingerprint density at radius 3 is 1.07 bits per heavy atom. The van der Waals surface area contributed by atoms with Crippen molar-refractivity contribution in [1.82, 2.24) is 4.90 Å². The van der Waals surface area contributed by atoms with Gasteiger partial charge in [-0.15, -0.1) is 0 Å². The van der Waals surface area contributed by atoms with Gasteiger partial charge in [-0.05, 0) is 27.2 Å². The van der Waals surface area contributed by atoms with Crippen LogP contribution in [0.15, 0.2) is 0 Å². The van der Waals surface area contributed by atoms with Crippen LogP contribution in [0.4, 0.5) is 4.79 Å². The van der Waals surface area contributed by atoms with Gasteiger partial charge in [-0.2, -0.15) is 0 Å². The van der Waals surface area contributed by atoms with E-state index in [1.165, 1.54) is 81.9 Å². The van der Waals surface area contributed by atoms with Crippen molar-refractivity contribution in [1.29, 1.82) is 0 Å². The Hall–Kier alpha value is -1.01. The van der Waals surface area contributed by atoms with Crippen LogP contribution in [0, 0.1) is 0 Å². The zero-order valence-corrected chi connectivity index (χ0v) is 29.9. The molecule has 0 aliphatic carbocycles. The maximum Gasteiger partial charge on any atom is 0.410 e. The molecule has 45 heavy (non-hydrogen) atoms. The van der Waals surface area contributed by atoms with Gasteiger partial charge >= 0.3 is 6.09 Å². The third kappa shape index (κ3) is 37.3. The van der Waals surface area contributed by atoms with Gasteiger partial charge < -0.3 is 42.8 Å². The molecule has 0 heterocycles. The second-order valence-corrected chi connectivity index (χ2v) is 12.4. The molecular formula is C35H71NO9. The van der Waals surface area contributed by atoms with Gasteiger partial charge in [-0.3, -0.25) is 0 Å². The molecule has 10 heteroatoms. The summed E-state index contributed by atoms with van der Waals surface area (Å²) in [4.78, 5) is 13.4. The molecule has 0 aliphatic rings. The van der Waals surface area contributed by atoms with E-state index in [0.29, 0.717) is 92.4 Å². The Morgan fingerprint density at radius 1 is 0.444 bits per heavy atom. The van der Waals surface area contributed by atoms with Crippen molar-refractivity contribution in [3.05, 3.63) is 0 Å². The summed E-state index contributed by atoms with van der Waals surface area (Å²) in [6.45, 7) is 16.0.